The number of carbonyl (C=O) groups excluding carboxylic acids is 15. The van der Waals surface area contributed by atoms with E-state index in [9.17, 15) is 125 Å². The van der Waals surface area contributed by atoms with E-state index in [0.717, 1.165) is 0 Å². The Balaban J connectivity index is 0.00000468. The summed E-state index contributed by atoms with van der Waals surface area (Å²) < 4.78 is 31.7. The molecule has 0 aliphatic carbocycles. The number of imidazole rings is 3. The number of aliphatic carboxylic acids is 4. The number of hydrogen-bond donors (Lipinski definition) is 26. The number of aromatic nitrogens is 6. The molecular weight excluding hydrogens is 1840 g/mol. The highest BCUT2D eigenvalue weighted by atomic mass is 19.4. The first-order valence-corrected chi connectivity index (χ1v) is 44.0. The third kappa shape index (κ3) is 41.4. The van der Waals surface area contributed by atoms with Crippen LogP contribution in [-0.2, 0) is 130 Å². The standard InChI is InChI=1S/C86H119N23O23.C2HF3O2/c1-45(2)29-59(83(128)109-72(47(5)6)84(129)104-61(30-48-15-9-7-10-16-48)79(124)106-65(86(131)132)32-49-17-11-8-12-18-49)102-75(120)56(19-13-14-28-87)98-76(121)57(24-26-67(89)112)99-80(125)62(34-52-38-91-43-95-52)103-81(126)63(35-53-39-92-44-96-53)105-85(130)71(46(3)4)108-77(122)58(25-27-69(114)115)100-78(123)60(31-50-20-22-54(111)23-21-50)97-68(113)40-93-74(119)66(41-110)107-82(127)64(36-70(116)117)101-73(118)55(88)33-51-37-90-42-94-51;3-2(4,5)1(6)7/h7-12,15-18,20-23,37-39,42-47,55-66,71-72,110-111H,13-14,19,24-36,40-41,87-88H2,1-6H3,(H2,89,112)(H,90,94)(H,91,95)(H,92,96)(H,93,119)(H,97,113)(H,98,121)(H,99,125)(H,100,123)(H,101,118)(H,102,120)(H,103,126)(H,104,129)(H,105,130)(H,106,124)(H,107,127)(H,108,122)(H,109,128)(H,114,115)(H,116,117)(H,131,132);(H,6,7)/t55-,56-,57-,58-,59-,60-,61-,62-,63-,64-,65-,66-,71-,72-;/m0./s1. The van der Waals surface area contributed by atoms with Gasteiger partial charge < -0.3 is 137 Å². The number of primary amides is 1. The summed E-state index contributed by atoms with van der Waals surface area (Å²) >= 11 is 0. The number of phenols is 1. The molecule has 0 bridgehead atoms. The molecule has 758 valence electrons. The second-order valence-corrected chi connectivity index (χ2v) is 33.3. The third-order valence-corrected chi connectivity index (χ3v) is 20.9. The van der Waals surface area contributed by atoms with Gasteiger partial charge in [-0.3, -0.25) is 81.5 Å². The Hall–Kier alpha value is -15.3. The van der Waals surface area contributed by atoms with Crippen molar-refractivity contribution in [3.63, 3.8) is 0 Å². The number of aromatic amines is 3. The summed E-state index contributed by atoms with van der Waals surface area (Å²) in [5.41, 5.74) is 19.6. The fraction of sp³-hybridized carbons (Fsp3) is 0.477. The Labute approximate surface area is 793 Å². The Morgan fingerprint density at radius 1 is 0.396 bits per heavy atom. The maximum atomic E-state index is 15.0. The number of phenolic OH excluding ortho intramolecular Hbond substituents is 1. The molecule has 0 unspecified atom stereocenters. The fourth-order valence-corrected chi connectivity index (χ4v) is 13.5. The van der Waals surface area contributed by atoms with E-state index in [1.54, 1.807) is 88.4 Å². The van der Waals surface area contributed by atoms with Crippen LogP contribution < -0.4 is 91.6 Å². The van der Waals surface area contributed by atoms with Gasteiger partial charge >= 0.3 is 30.1 Å². The highest BCUT2D eigenvalue weighted by Crippen LogP contribution is 2.19. The van der Waals surface area contributed by atoms with Gasteiger partial charge in [-0.05, 0) is 91.6 Å². The number of benzene rings is 3. The van der Waals surface area contributed by atoms with Crippen molar-refractivity contribution in [2.45, 2.75) is 229 Å². The number of aliphatic hydroxyl groups is 1. The van der Waals surface area contributed by atoms with Crippen LogP contribution in [0.3, 0.4) is 0 Å². The van der Waals surface area contributed by atoms with Crippen molar-refractivity contribution in [3.05, 3.63) is 156 Å². The summed E-state index contributed by atoms with van der Waals surface area (Å²) in [6.45, 7) is 7.70. The average Bonchev–Trinajstić information content (AvgIpc) is 1.64. The summed E-state index contributed by atoms with van der Waals surface area (Å²) in [6.07, 6.45) is -1.82. The molecule has 0 fully saturated rings. The minimum Gasteiger partial charge on any atom is -0.508 e. The van der Waals surface area contributed by atoms with E-state index in [0.29, 0.717) is 23.2 Å². The number of nitrogens with one attached hydrogen (secondary N) is 17. The lowest BCUT2D eigenvalue weighted by atomic mass is 9.98. The van der Waals surface area contributed by atoms with Crippen LogP contribution >= 0.6 is 0 Å². The van der Waals surface area contributed by atoms with Gasteiger partial charge in [0.15, 0.2) is 0 Å². The zero-order chi connectivity index (χ0) is 103. The number of hydrogen-bond acceptors (Lipinski definition) is 26. The Bertz CT molecular complexity index is 5080. The van der Waals surface area contributed by atoms with E-state index in [1.807, 2.05) is 0 Å². The lowest BCUT2D eigenvalue weighted by Crippen LogP contribution is -2.62. The molecule has 6 rings (SSSR count). The SMILES string of the molecule is CC(C)C[C@H](NC(=O)[C@H](CCCCN)NC(=O)[C@H](CCC(N)=O)NC(=O)[C@H](Cc1c[nH]cn1)NC(=O)[C@H](Cc1c[nH]cn1)NC(=O)[C@@H](NC(=O)[C@H](CCC(=O)O)NC(=O)[C@H](Cc1ccc(O)cc1)NC(=O)CNC(=O)[C@H](CO)NC(=O)[C@H](CC(=O)O)NC(=O)[C@@H](N)Cc1c[nH]cn1)C(C)C)C(=O)N[C@H](C(=O)N[C@@H](Cc1ccccc1)C(=O)N[C@@H](Cc1ccccc1)C(=O)O)C(C)C.O=C(O)C(F)(F)F. The number of amides is 15. The molecule has 0 saturated heterocycles. The van der Waals surface area contributed by atoms with Gasteiger partial charge in [-0.15, -0.1) is 0 Å². The minimum absolute atomic E-state index is 0.0384. The molecule has 3 aromatic carbocycles. The van der Waals surface area contributed by atoms with E-state index in [-0.39, 0.29) is 73.7 Å². The number of aromatic hydroxyl groups is 1. The molecule has 51 heteroatoms. The number of aliphatic hydroxyl groups excluding tert-OH is 1. The van der Waals surface area contributed by atoms with Gasteiger partial charge in [-0.25, -0.2) is 24.5 Å². The largest absolute Gasteiger partial charge is 0.508 e. The maximum absolute atomic E-state index is 15.0. The smallest absolute Gasteiger partial charge is 0.490 e. The number of H-pyrrole nitrogens is 3. The van der Waals surface area contributed by atoms with Gasteiger partial charge in [0, 0.05) is 70.0 Å². The van der Waals surface area contributed by atoms with Gasteiger partial charge in [0.05, 0.1) is 61.7 Å². The number of rotatable bonds is 58. The highest BCUT2D eigenvalue weighted by Gasteiger charge is 2.41. The van der Waals surface area contributed by atoms with Crippen LogP contribution in [0.5, 0.6) is 5.75 Å². The molecule has 29 N–H and O–H groups in total. The monoisotopic (exact) mass is 1960 g/mol. The zero-order valence-electron chi connectivity index (χ0n) is 76.7. The molecule has 6 aromatic rings. The number of carboxylic acids is 4. The van der Waals surface area contributed by atoms with Gasteiger partial charge in [-0.1, -0.05) is 114 Å². The van der Waals surface area contributed by atoms with E-state index in [2.05, 4.69) is 104 Å². The lowest BCUT2D eigenvalue weighted by Gasteiger charge is -2.29. The molecule has 139 heavy (non-hydrogen) atoms. The number of carbonyl (C=O) groups is 19. The van der Waals surface area contributed by atoms with Crippen molar-refractivity contribution in [2.24, 2.45) is 35.0 Å². The zero-order valence-corrected chi connectivity index (χ0v) is 76.7. The second kappa shape index (κ2) is 57.5. The first-order valence-electron chi connectivity index (χ1n) is 44.0. The quantitative estimate of drug-likeness (QED) is 0.0161. The predicted molar refractivity (Wildman–Crippen MR) is 483 cm³/mol. The Kier molecular flexibility index (Phi) is 47.3. The summed E-state index contributed by atoms with van der Waals surface area (Å²) in [4.78, 5) is 279. The molecule has 0 aliphatic heterocycles. The summed E-state index contributed by atoms with van der Waals surface area (Å²) in [5.74, 6) is -24.8. The van der Waals surface area contributed by atoms with Crippen LogP contribution in [0.15, 0.2) is 123 Å². The first-order chi connectivity index (χ1) is 65.6. The highest BCUT2D eigenvalue weighted by molar-refractivity contribution is 6.01. The van der Waals surface area contributed by atoms with Gasteiger partial charge in [-0.2, -0.15) is 13.2 Å². The van der Waals surface area contributed by atoms with Crippen LogP contribution in [0.1, 0.15) is 133 Å². The molecule has 0 radical (unpaired) electrons. The number of nitrogens with two attached hydrogens (primary N) is 3. The molecule has 48 nitrogen and oxygen atoms in total. The predicted octanol–water partition coefficient (Wildman–Crippen LogP) is -4.13. The molecule has 15 amide bonds. The number of nitrogens with zero attached hydrogens (tertiary/aromatic N) is 3. The van der Waals surface area contributed by atoms with Crippen molar-refractivity contribution in [2.75, 3.05) is 19.7 Å². The molecule has 0 saturated carbocycles. The number of unbranched alkanes of at least 4 members (excludes halogenated alkanes) is 1. The number of halogens is 3. The Morgan fingerprint density at radius 3 is 1.16 bits per heavy atom. The lowest BCUT2D eigenvalue weighted by molar-refractivity contribution is -0.192. The number of alkyl halides is 3. The second-order valence-electron chi connectivity index (χ2n) is 33.3. The van der Waals surface area contributed by atoms with Crippen LogP contribution in [0, 0.1) is 17.8 Å². The normalized spacial score (nSPS) is 14.2. The summed E-state index contributed by atoms with van der Waals surface area (Å²) in [6, 6.07) is -0.114. The number of carboxylic acid groups (broad SMARTS) is 4. The van der Waals surface area contributed by atoms with Crippen LogP contribution in [-0.4, -0.2) is 283 Å². The molecule has 0 aliphatic rings. The van der Waals surface area contributed by atoms with Gasteiger partial charge in [0.2, 0.25) is 88.6 Å². The minimum atomic E-state index is -5.08. The van der Waals surface area contributed by atoms with E-state index in [4.69, 9.17) is 27.1 Å². The van der Waals surface area contributed by atoms with Gasteiger partial charge in [0.1, 0.15) is 84.3 Å². The van der Waals surface area contributed by atoms with Crippen molar-refractivity contribution in [1.29, 1.82) is 0 Å². The molecule has 3 aromatic heterocycles. The third-order valence-electron chi connectivity index (χ3n) is 20.9. The first kappa shape index (κ1) is 114. The van der Waals surface area contributed by atoms with Crippen LogP contribution in [0.2, 0.25) is 0 Å². The van der Waals surface area contributed by atoms with Crippen molar-refractivity contribution in [3.8, 4) is 5.75 Å². The van der Waals surface area contributed by atoms with E-state index < -0.39 is 280 Å². The molecular formula is C88H120F3N23O25. The fourth-order valence-electron chi connectivity index (χ4n) is 13.5. The summed E-state index contributed by atoms with van der Waals surface area (Å²) in [5, 5.41) is 91.8. The molecule has 14 atom stereocenters. The van der Waals surface area contributed by atoms with E-state index >= 15 is 0 Å². The Morgan fingerprint density at radius 2 is 0.755 bits per heavy atom. The van der Waals surface area contributed by atoms with Crippen LogP contribution in [0.25, 0.3) is 0 Å². The van der Waals surface area contributed by atoms with Crippen molar-refractivity contribution >= 4 is 112 Å². The average molecular weight is 1960 g/mol. The molecule has 3 heterocycles. The summed E-state index contributed by atoms with van der Waals surface area (Å²) in [7, 11) is 0. The van der Waals surface area contributed by atoms with Crippen LogP contribution in [0.4, 0.5) is 13.2 Å². The maximum Gasteiger partial charge on any atom is 0.490 e. The van der Waals surface area contributed by atoms with Crippen molar-refractivity contribution in [1.82, 2.24) is 104 Å². The topological polar surface area (TPSA) is 778 Å². The van der Waals surface area contributed by atoms with Crippen molar-refractivity contribution < 1.29 is 135 Å². The van der Waals surface area contributed by atoms with E-state index in [1.165, 1.54) is 75.7 Å². The molecule has 0 spiro atoms. The van der Waals surface area contributed by atoms with Gasteiger partial charge in [0.25, 0.3) is 0 Å².